The molecule has 0 aromatic rings. The molecule has 0 aromatic carbocycles. The van der Waals surface area contributed by atoms with Crippen molar-refractivity contribution in [1.82, 2.24) is 0 Å². The van der Waals surface area contributed by atoms with Gasteiger partial charge in [0.15, 0.2) is 0 Å². The maximum Gasteiger partial charge on any atom is 0.109 e. The Morgan fingerprint density at radius 3 is 2.30 bits per heavy atom. The minimum atomic E-state index is -0.932. The maximum atomic E-state index is 9.10. The van der Waals surface area contributed by atoms with Crippen molar-refractivity contribution in [2.45, 2.75) is 57.3 Å². The number of nitrogens with two attached hydrogens (primary N) is 1. The van der Waals surface area contributed by atoms with Gasteiger partial charge in [0.25, 0.3) is 0 Å². The Morgan fingerprint density at radius 2 is 1.74 bits per heavy atom. The quantitative estimate of drug-likeness (QED) is 0.394. The standard InChI is InChI=1S/C10H23NO2.C6H12O4/c1-2-3-4-5-7-12-9-10-13-8-6-11;7-3-5-6(9)4(8)1-2-10-5/h2-11H2,1H3;4-9H,1-3H2. The lowest BCUT2D eigenvalue weighted by atomic mass is 10.0. The van der Waals surface area contributed by atoms with Crippen LogP contribution in [0, 0.1) is 0 Å². The van der Waals surface area contributed by atoms with Gasteiger partial charge < -0.3 is 35.3 Å². The highest BCUT2D eigenvalue weighted by atomic mass is 16.5. The lowest BCUT2D eigenvalue weighted by Gasteiger charge is -2.30. The molecular formula is C16H35NO6. The van der Waals surface area contributed by atoms with Crippen LogP contribution in [0.25, 0.3) is 0 Å². The minimum Gasteiger partial charge on any atom is -0.394 e. The summed E-state index contributed by atoms with van der Waals surface area (Å²) in [6.07, 6.45) is 3.20. The molecule has 1 aliphatic heterocycles. The summed E-state index contributed by atoms with van der Waals surface area (Å²) in [7, 11) is 0. The van der Waals surface area contributed by atoms with E-state index in [0.29, 0.717) is 39.4 Å². The average Bonchev–Trinajstić information content (AvgIpc) is 2.56. The second kappa shape index (κ2) is 16.6. The van der Waals surface area contributed by atoms with Gasteiger partial charge in [-0.2, -0.15) is 0 Å². The van der Waals surface area contributed by atoms with Crippen LogP contribution in [0.3, 0.4) is 0 Å². The van der Waals surface area contributed by atoms with E-state index in [9.17, 15) is 0 Å². The number of rotatable bonds is 11. The van der Waals surface area contributed by atoms with Gasteiger partial charge in [0.1, 0.15) is 12.2 Å². The zero-order valence-corrected chi connectivity index (χ0v) is 14.4. The summed E-state index contributed by atoms with van der Waals surface area (Å²) in [5.41, 5.74) is 5.26. The fourth-order valence-corrected chi connectivity index (χ4v) is 2.05. The molecule has 0 spiro atoms. The molecule has 23 heavy (non-hydrogen) atoms. The second-order valence-electron chi connectivity index (χ2n) is 5.51. The Balaban J connectivity index is 0.000000433. The summed E-state index contributed by atoms with van der Waals surface area (Å²) in [5.74, 6) is 0. The summed E-state index contributed by atoms with van der Waals surface area (Å²) in [6.45, 7) is 5.85. The van der Waals surface area contributed by atoms with E-state index in [2.05, 4.69) is 6.92 Å². The largest absolute Gasteiger partial charge is 0.394 e. The van der Waals surface area contributed by atoms with Crippen LogP contribution < -0.4 is 5.73 Å². The van der Waals surface area contributed by atoms with Crippen LogP contribution in [-0.4, -0.2) is 79.8 Å². The molecule has 0 aliphatic carbocycles. The SMILES string of the molecule is CCCCCCOCCOCCN.OCC1OCCC(O)C1O. The van der Waals surface area contributed by atoms with Crippen LogP contribution in [0.2, 0.25) is 0 Å². The molecule has 1 heterocycles. The van der Waals surface area contributed by atoms with Crippen molar-refractivity contribution in [2.24, 2.45) is 5.73 Å². The molecule has 7 heteroatoms. The topological polar surface area (TPSA) is 114 Å². The smallest absolute Gasteiger partial charge is 0.109 e. The van der Waals surface area contributed by atoms with E-state index in [4.69, 9.17) is 35.3 Å². The lowest BCUT2D eigenvalue weighted by molar-refractivity contribution is -0.147. The first-order valence-corrected chi connectivity index (χ1v) is 8.61. The van der Waals surface area contributed by atoms with Crippen molar-refractivity contribution in [3.63, 3.8) is 0 Å². The van der Waals surface area contributed by atoms with Crippen molar-refractivity contribution in [3.8, 4) is 0 Å². The summed E-state index contributed by atoms with van der Waals surface area (Å²) in [4.78, 5) is 0. The highest BCUT2D eigenvalue weighted by Crippen LogP contribution is 2.13. The Morgan fingerprint density at radius 1 is 1.04 bits per heavy atom. The maximum absolute atomic E-state index is 9.10. The van der Waals surface area contributed by atoms with Crippen molar-refractivity contribution in [2.75, 3.05) is 46.2 Å². The number of aliphatic hydroxyl groups excluding tert-OH is 3. The van der Waals surface area contributed by atoms with Crippen molar-refractivity contribution < 1.29 is 29.5 Å². The van der Waals surface area contributed by atoms with Gasteiger partial charge in [-0.3, -0.25) is 0 Å². The predicted octanol–water partition coefficient (Wildman–Crippen LogP) is 0.0480. The number of hydrogen-bond donors (Lipinski definition) is 4. The zero-order chi connectivity index (χ0) is 17.3. The molecular weight excluding hydrogens is 302 g/mol. The molecule has 3 unspecified atom stereocenters. The van der Waals surface area contributed by atoms with E-state index < -0.39 is 18.3 Å². The molecule has 1 aliphatic rings. The van der Waals surface area contributed by atoms with E-state index in [1.54, 1.807) is 0 Å². The number of aliphatic hydroxyl groups is 3. The minimum absolute atomic E-state index is 0.238. The Kier molecular flexibility index (Phi) is 16.4. The molecule has 1 fully saturated rings. The van der Waals surface area contributed by atoms with Gasteiger partial charge in [-0.1, -0.05) is 26.2 Å². The Bertz CT molecular complexity index is 235. The van der Waals surface area contributed by atoms with Gasteiger partial charge in [0.2, 0.25) is 0 Å². The van der Waals surface area contributed by atoms with Crippen molar-refractivity contribution >= 4 is 0 Å². The molecule has 3 atom stereocenters. The predicted molar refractivity (Wildman–Crippen MR) is 88.3 cm³/mol. The third-order valence-electron chi connectivity index (χ3n) is 3.48. The third kappa shape index (κ3) is 12.8. The number of hydrogen-bond acceptors (Lipinski definition) is 7. The highest BCUT2D eigenvalue weighted by molar-refractivity contribution is 4.79. The lowest BCUT2D eigenvalue weighted by Crippen LogP contribution is -2.46. The van der Waals surface area contributed by atoms with Crippen molar-refractivity contribution in [1.29, 1.82) is 0 Å². The summed E-state index contributed by atoms with van der Waals surface area (Å²) in [6, 6.07) is 0. The fourth-order valence-electron chi connectivity index (χ4n) is 2.05. The van der Waals surface area contributed by atoms with Crippen LogP contribution >= 0.6 is 0 Å². The summed E-state index contributed by atoms with van der Waals surface area (Å²) >= 11 is 0. The monoisotopic (exact) mass is 337 g/mol. The normalized spacial score (nSPS) is 24.1. The number of ether oxygens (including phenoxy) is 3. The van der Waals surface area contributed by atoms with Crippen LogP contribution in [0.5, 0.6) is 0 Å². The van der Waals surface area contributed by atoms with Crippen LogP contribution in [0.15, 0.2) is 0 Å². The van der Waals surface area contributed by atoms with Crippen LogP contribution in [0.1, 0.15) is 39.0 Å². The van der Waals surface area contributed by atoms with Crippen molar-refractivity contribution in [3.05, 3.63) is 0 Å². The molecule has 0 radical (unpaired) electrons. The van der Waals surface area contributed by atoms with Gasteiger partial charge >= 0.3 is 0 Å². The molecule has 0 bridgehead atoms. The number of unbranched alkanes of at least 4 members (excludes halogenated alkanes) is 3. The zero-order valence-electron chi connectivity index (χ0n) is 14.4. The second-order valence-corrected chi connectivity index (χ2v) is 5.51. The molecule has 0 aromatic heterocycles. The van der Waals surface area contributed by atoms with E-state index in [1.165, 1.54) is 25.7 Å². The Hall–Kier alpha value is -0.280. The molecule has 0 amide bonds. The third-order valence-corrected chi connectivity index (χ3v) is 3.48. The summed E-state index contributed by atoms with van der Waals surface area (Å²) in [5, 5.41) is 26.7. The van der Waals surface area contributed by atoms with E-state index in [1.807, 2.05) is 0 Å². The van der Waals surface area contributed by atoms with Crippen LogP contribution in [0.4, 0.5) is 0 Å². The van der Waals surface area contributed by atoms with E-state index in [0.717, 1.165) is 6.61 Å². The highest BCUT2D eigenvalue weighted by Gasteiger charge is 2.30. The first-order valence-electron chi connectivity index (χ1n) is 8.61. The van der Waals surface area contributed by atoms with Gasteiger partial charge in [0.05, 0.1) is 32.5 Å². The summed E-state index contributed by atoms with van der Waals surface area (Å²) < 4.78 is 15.5. The Labute approximate surface area is 139 Å². The van der Waals surface area contributed by atoms with Gasteiger partial charge in [0, 0.05) is 19.8 Å². The first-order chi connectivity index (χ1) is 11.2. The van der Waals surface area contributed by atoms with Gasteiger partial charge in [-0.05, 0) is 12.8 Å². The molecule has 1 saturated heterocycles. The fraction of sp³-hybridized carbons (Fsp3) is 1.00. The molecule has 1 rings (SSSR count). The van der Waals surface area contributed by atoms with Gasteiger partial charge in [-0.25, -0.2) is 0 Å². The molecule has 0 saturated carbocycles. The van der Waals surface area contributed by atoms with E-state index >= 15 is 0 Å². The van der Waals surface area contributed by atoms with Crippen LogP contribution in [-0.2, 0) is 14.2 Å². The molecule has 7 nitrogen and oxygen atoms in total. The van der Waals surface area contributed by atoms with Gasteiger partial charge in [-0.15, -0.1) is 0 Å². The average molecular weight is 337 g/mol. The molecule has 140 valence electrons. The molecule has 5 N–H and O–H groups in total. The van der Waals surface area contributed by atoms with E-state index in [-0.39, 0.29) is 6.61 Å². The first kappa shape index (κ1) is 22.7.